The van der Waals surface area contributed by atoms with Crippen LogP contribution in [-0.2, 0) is 20.9 Å². The maximum absolute atomic E-state index is 14.2. The van der Waals surface area contributed by atoms with Crippen LogP contribution < -0.4 is 20.9 Å². The van der Waals surface area contributed by atoms with Crippen molar-refractivity contribution in [2.45, 2.75) is 127 Å². The number of phenolic OH excluding ortho intramolecular Hbond substituents is 2. The van der Waals surface area contributed by atoms with E-state index in [0.29, 0.717) is 46.6 Å². The number of para-hydroxylation sites is 1. The van der Waals surface area contributed by atoms with Crippen LogP contribution in [0.2, 0.25) is 0 Å². The molecule has 10 rings (SSSR count). The van der Waals surface area contributed by atoms with Crippen molar-refractivity contribution >= 4 is 29.2 Å². The minimum atomic E-state index is -0.907. The first kappa shape index (κ1) is 47.2. The molecule has 0 radical (unpaired) electrons. The molecule has 16 nitrogen and oxygen atoms in total. The van der Waals surface area contributed by atoms with Gasteiger partial charge in [0, 0.05) is 86.4 Å². The summed E-state index contributed by atoms with van der Waals surface area (Å²) in [5, 5.41) is 49.8. The zero-order valence-electron chi connectivity index (χ0n) is 40.4. The molecule has 7 aliphatic rings. The highest BCUT2D eigenvalue weighted by molar-refractivity contribution is 5.94. The fraction of sp³-hybridized carbons (Fsp3) is 0.604. The summed E-state index contributed by atoms with van der Waals surface area (Å²) < 4.78 is 0. The SMILES string of the molecule is C#Cc1ccc(CNC(=O)[C@@H]2C[C@@H](O)CN2C(=O)[C@@H](NC(=O)[C@H]2CC3(C2)C[C@H](N2CCC(N4CCC(N5CCN6c7cc(-c8ccccc8O)nnc7NC[C@H]6C5)CC4)CC2)C3)C(C)(C)C)c(O)c1. The van der Waals surface area contributed by atoms with Gasteiger partial charge in [-0.1, -0.05) is 44.9 Å². The summed E-state index contributed by atoms with van der Waals surface area (Å²) in [5.41, 5.74) is 3.04. The summed E-state index contributed by atoms with van der Waals surface area (Å²) in [6, 6.07) is 14.6. The maximum atomic E-state index is 14.2. The highest BCUT2D eigenvalue weighted by Crippen LogP contribution is 2.60. The summed E-state index contributed by atoms with van der Waals surface area (Å²) in [7, 11) is 0. The number of carbonyl (C=O) groups is 3. The number of hydrogen-bond acceptors (Lipinski definition) is 13. The standard InChI is InChI=1S/C53H70N10O6/c1-5-33-10-11-34(46(66)22-33)29-55-50(68)44-23-40(64)32-63(44)51(69)47(52(2,3)4)56-49(67)35-25-53(26-35)27-38(28-53)60-18-12-36(13-19-60)59-16-14-37(15-17-59)61-20-21-62-39(31-61)30-54-48-43(62)24-42(57-58-48)41-8-6-7-9-45(41)65/h1,6-11,22,24,35-40,44,47,64-66H,12-21,23,25-32H2,2-4H3,(H,54,58)(H,55,68)(H,56,67)/t35-,38-,39-,40+,44-,47+,53?/m0/s1. The molecule has 6 heterocycles. The van der Waals surface area contributed by atoms with Gasteiger partial charge in [-0.3, -0.25) is 19.3 Å². The number of benzene rings is 2. The number of nitrogens with zero attached hydrogens (tertiary/aromatic N) is 7. The molecule has 4 atom stereocenters. The van der Waals surface area contributed by atoms with E-state index in [0.717, 1.165) is 89.5 Å². The van der Waals surface area contributed by atoms with Crippen LogP contribution in [0.15, 0.2) is 48.5 Å². The van der Waals surface area contributed by atoms with Gasteiger partial charge in [-0.15, -0.1) is 16.6 Å². The second-order valence-electron chi connectivity index (χ2n) is 22.3. The van der Waals surface area contributed by atoms with Crippen LogP contribution in [0, 0.1) is 29.1 Å². The number of hydrogen-bond donors (Lipinski definition) is 6. The van der Waals surface area contributed by atoms with Crippen LogP contribution in [0.25, 0.3) is 11.3 Å². The Labute approximate surface area is 406 Å². The zero-order chi connectivity index (χ0) is 48.2. The van der Waals surface area contributed by atoms with Crippen molar-refractivity contribution < 1.29 is 29.7 Å². The van der Waals surface area contributed by atoms with Gasteiger partial charge in [-0.25, -0.2) is 0 Å². The molecule has 1 aromatic heterocycles. The number of piperazine rings is 1. The van der Waals surface area contributed by atoms with E-state index < -0.39 is 29.5 Å². The Morgan fingerprint density at radius 2 is 1.52 bits per heavy atom. The van der Waals surface area contributed by atoms with Crippen molar-refractivity contribution in [3.05, 3.63) is 59.7 Å². The number of aliphatic hydroxyl groups is 1. The summed E-state index contributed by atoms with van der Waals surface area (Å²) >= 11 is 0. The monoisotopic (exact) mass is 943 g/mol. The molecule has 3 amide bonds. The van der Waals surface area contributed by atoms with Gasteiger partial charge >= 0.3 is 0 Å². The molecule has 0 bridgehead atoms. The third-order valence-electron chi connectivity index (χ3n) is 16.9. The van der Waals surface area contributed by atoms with Crippen LogP contribution in [0.5, 0.6) is 11.5 Å². The number of likely N-dealkylation sites (tertiary alicyclic amines) is 3. The number of phenols is 2. The summed E-state index contributed by atoms with van der Waals surface area (Å²) in [6.07, 6.45) is 13.4. The molecule has 4 saturated heterocycles. The largest absolute Gasteiger partial charge is 0.508 e. The number of amides is 3. The van der Waals surface area contributed by atoms with Gasteiger partial charge in [0.1, 0.15) is 23.6 Å². The quantitative estimate of drug-likeness (QED) is 0.162. The van der Waals surface area contributed by atoms with Gasteiger partial charge in [0.05, 0.1) is 23.5 Å². The summed E-state index contributed by atoms with van der Waals surface area (Å²) in [6.45, 7) is 14.2. The first-order valence-corrected chi connectivity index (χ1v) is 25.4. The van der Waals surface area contributed by atoms with Gasteiger partial charge in [0.15, 0.2) is 5.82 Å². The number of β-amino-alcohol motifs (C(OH)–C–C–N with tert-alkyl or cyclic N) is 1. The fourth-order valence-corrected chi connectivity index (χ4v) is 12.9. The van der Waals surface area contributed by atoms with E-state index in [4.69, 9.17) is 6.42 Å². The summed E-state index contributed by atoms with van der Waals surface area (Å²) in [5.74, 6) is 2.41. The smallest absolute Gasteiger partial charge is 0.246 e. The number of aromatic nitrogens is 2. The molecule has 16 heteroatoms. The lowest BCUT2D eigenvalue weighted by atomic mass is 9.49. The average molecular weight is 943 g/mol. The fourth-order valence-electron chi connectivity index (χ4n) is 12.9. The molecule has 6 fully saturated rings. The van der Waals surface area contributed by atoms with E-state index in [1.54, 1.807) is 18.2 Å². The number of piperidine rings is 2. The molecule has 5 aliphatic heterocycles. The Morgan fingerprint density at radius 3 is 2.20 bits per heavy atom. The Bertz CT molecular complexity index is 2440. The summed E-state index contributed by atoms with van der Waals surface area (Å²) in [4.78, 5) is 53.5. The molecule has 69 heavy (non-hydrogen) atoms. The highest BCUT2D eigenvalue weighted by atomic mass is 16.3. The minimum Gasteiger partial charge on any atom is -0.508 e. The molecule has 2 aliphatic carbocycles. The normalized spacial score (nSPS) is 28.4. The number of terminal acetylenes is 1. The topological polar surface area (TPSA) is 190 Å². The lowest BCUT2D eigenvalue weighted by Crippen LogP contribution is -2.63. The molecule has 3 aromatic rings. The molecule has 1 spiro atoms. The van der Waals surface area contributed by atoms with E-state index in [1.807, 2.05) is 39.0 Å². The predicted octanol–water partition coefficient (Wildman–Crippen LogP) is 3.75. The van der Waals surface area contributed by atoms with Crippen molar-refractivity contribution in [2.75, 3.05) is 69.1 Å². The van der Waals surface area contributed by atoms with Crippen LogP contribution in [0.3, 0.4) is 0 Å². The second kappa shape index (κ2) is 19.0. The lowest BCUT2D eigenvalue weighted by Gasteiger charge is -2.60. The number of aromatic hydroxyl groups is 2. The number of anilines is 2. The van der Waals surface area contributed by atoms with Gasteiger partial charge in [-0.05, 0) is 119 Å². The molecule has 2 aromatic carbocycles. The Morgan fingerprint density at radius 1 is 0.826 bits per heavy atom. The van der Waals surface area contributed by atoms with Gasteiger partial charge in [-0.2, -0.15) is 0 Å². The second-order valence-corrected chi connectivity index (χ2v) is 22.3. The van der Waals surface area contributed by atoms with Gasteiger partial charge in [0.2, 0.25) is 17.7 Å². The average Bonchev–Trinajstić information content (AvgIpc) is 3.73. The number of carbonyl (C=O) groups excluding carboxylic acids is 3. The predicted molar refractivity (Wildman–Crippen MR) is 263 cm³/mol. The van der Waals surface area contributed by atoms with E-state index in [2.05, 4.69) is 57.7 Å². The molecule has 6 N–H and O–H groups in total. The Hall–Kier alpha value is -5.47. The number of rotatable bonds is 10. The van der Waals surface area contributed by atoms with E-state index in [9.17, 15) is 29.7 Å². The van der Waals surface area contributed by atoms with Gasteiger partial charge < -0.3 is 50.9 Å². The lowest BCUT2D eigenvalue weighted by molar-refractivity contribution is -0.150. The molecule has 2 saturated carbocycles. The van der Waals surface area contributed by atoms with Gasteiger partial charge in [0.25, 0.3) is 0 Å². The van der Waals surface area contributed by atoms with E-state index in [-0.39, 0.29) is 54.2 Å². The van der Waals surface area contributed by atoms with Crippen molar-refractivity contribution in [1.82, 2.24) is 40.4 Å². The van der Waals surface area contributed by atoms with E-state index in [1.165, 1.54) is 36.6 Å². The minimum absolute atomic E-state index is 0.00137. The molecule has 368 valence electrons. The number of fused-ring (bicyclic) bond motifs is 3. The van der Waals surface area contributed by atoms with Crippen LogP contribution in [0.1, 0.15) is 89.7 Å². The van der Waals surface area contributed by atoms with Crippen LogP contribution in [0.4, 0.5) is 11.5 Å². The molecular formula is C53H70N10O6. The van der Waals surface area contributed by atoms with E-state index >= 15 is 0 Å². The molecular weight excluding hydrogens is 873 g/mol. The Kier molecular flexibility index (Phi) is 13.0. The van der Waals surface area contributed by atoms with Crippen molar-refractivity contribution in [3.63, 3.8) is 0 Å². The Balaban J connectivity index is 0.648. The van der Waals surface area contributed by atoms with Crippen molar-refractivity contribution in [1.29, 1.82) is 0 Å². The van der Waals surface area contributed by atoms with Crippen molar-refractivity contribution in [3.8, 4) is 35.1 Å². The highest BCUT2D eigenvalue weighted by Gasteiger charge is 2.57. The van der Waals surface area contributed by atoms with Crippen LogP contribution >= 0.6 is 0 Å². The van der Waals surface area contributed by atoms with Crippen molar-refractivity contribution in [2.24, 2.45) is 16.7 Å². The molecule has 0 unspecified atom stereocenters. The zero-order valence-corrected chi connectivity index (χ0v) is 40.4. The third kappa shape index (κ3) is 9.59. The number of aliphatic hydroxyl groups excluding tert-OH is 1. The number of nitrogens with one attached hydrogen (secondary N) is 3. The third-order valence-corrected chi connectivity index (χ3v) is 16.9. The first-order chi connectivity index (χ1) is 33.1. The first-order valence-electron chi connectivity index (χ1n) is 25.4. The maximum Gasteiger partial charge on any atom is 0.246 e. The van der Waals surface area contributed by atoms with Crippen LogP contribution in [-0.4, -0.2) is 164 Å².